The monoisotopic (exact) mass is 286 g/mol. The molecule has 0 aliphatic rings. The number of hydrogen-bond donors (Lipinski definition) is 2. The number of carbonyl (C=O) groups is 1. The summed E-state index contributed by atoms with van der Waals surface area (Å²) in [7, 11) is 0. The average molecular weight is 286 g/mol. The molecule has 0 fully saturated rings. The molecule has 2 rings (SSSR count). The number of amides is 1. The molecule has 0 aliphatic carbocycles. The first-order valence-corrected chi connectivity index (χ1v) is 6.29. The van der Waals surface area contributed by atoms with Crippen LogP contribution in [0.15, 0.2) is 48.5 Å². The van der Waals surface area contributed by atoms with E-state index in [9.17, 15) is 20.0 Å². The van der Waals surface area contributed by atoms with E-state index in [1.165, 1.54) is 12.1 Å². The van der Waals surface area contributed by atoms with E-state index in [1.807, 2.05) is 6.07 Å². The number of non-ortho nitro benzene ring substituents is 1. The van der Waals surface area contributed by atoms with E-state index in [0.29, 0.717) is 11.1 Å². The zero-order valence-corrected chi connectivity index (χ0v) is 11.1. The summed E-state index contributed by atoms with van der Waals surface area (Å²) in [5.41, 5.74) is 6.28. The third-order valence-electron chi connectivity index (χ3n) is 3.17. The highest BCUT2D eigenvalue weighted by Crippen LogP contribution is 2.23. The van der Waals surface area contributed by atoms with Crippen molar-refractivity contribution in [2.75, 3.05) is 0 Å². The predicted molar refractivity (Wildman–Crippen MR) is 76.7 cm³/mol. The zero-order valence-electron chi connectivity index (χ0n) is 11.1. The standard InChI is InChI=1S/C15H14N2O4/c16-15(19)13-9-12(17(20)21)7-6-11(13)8-14(18)10-4-2-1-3-5-10/h1-7,9,14,18H,8H2,(H2,16,19). The summed E-state index contributed by atoms with van der Waals surface area (Å²) >= 11 is 0. The Morgan fingerprint density at radius 2 is 1.90 bits per heavy atom. The maximum atomic E-state index is 11.4. The van der Waals surface area contributed by atoms with E-state index in [4.69, 9.17) is 5.73 Å². The quantitative estimate of drug-likeness (QED) is 0.647. The Hall–Kier alpha value is -2.73. The second-order valence-electron chi connectivity index (χ2n) is 4.59. The molecule has 0 heterocycles. The minimum atomic E-state index is -0.814. The van der Waals surface area contributed by atoms with Gasteiger partial charge < -0.3 is 10.8 Å². The SMILES string of the molecule is NC(=O)c1cc([N+](=O)[O-])ccc1CC(O)c1ccccc1. The van der Waals surface area contributed by atoms with Gasteiger partial charge in [-0.3, -0.25) is 14.9 Å². The summed E-state index contributed by atoms with van der Waals surface area (Å²) in [6, 6.07) is 12.8. The fourth-order valence-corrected chi connectivity index (χ4v) is 2.09. The highest BCUT2D eigenvalue weighted by molar-refractivity contribution is 5.95. The molecule has 0 aliphatic heterocycles. The van der Waals surface area contributed by atoms with Gasteiger partial charge in [-0.15, -0.1) is 0 Å². The maximum Gasteiger partial charge on any atom is 0.270 e. The molecule has 0 aromatic heterocycles. The fraction of sp³-hybridized carbons (Fsp3) is 0.133. The second kappa shape index (κ2) is 6.15. The van der Waals surface area contributed by atoms with E-state index in [1.54, 1.807) is 24.3 Å². The van der Waals surface area contributed by atoms with Gasteiger partial charge in [0.25, 0.3) is 5.69 Å². The summed E-state index contributed by atoms with van der Waals surface area (Å²) in [4.78, 5) is 21.6. The van der Waals surface area contributed by atoms with E-state index < -0.39 is 16.9 Å². The lowest BCUT2D eigenvalue weighted by atomic mass is 9.97. The lowest BCUT2D eigenvalue weighted by molar-refractivity contribution is -0.384. The number of hydrogen-bond acceptors (Lipinski definition) is 4. The van der Waals surface area contributed by atoms with E-state index in [-0.39, 0.29) is 17.7 Å². The summed E-state index contributed by atoms with van der Waals surface area (Å²) in [6.45, 7) is 0. The molecule has 6 nitrogen and oxygen atoms in total. The Morgan fingerprint density at radius 1 is 1.24 bits per heavy atom. The molecular formula is C15H14N2O4. The summed E-state index contributed by atoms with van der Waals surface area (Å²) in [6.07, 6.45) is -0.661. The Labute approximate surface area is 121 Å². The third kappa shape index (κ3) is 3.43. The van der Waals surface area contributed by atoms with Crippen molar-refractivity contribution < 1.29 is 14.8 Å². The molecule has 1 unspecified atom stereocenters. The molecule has 1 amide bonds. The third-order valence-corrected chi connectivity index (χ3v) is 3.17. The van der Waals surface area contributed by atoms with E-state index in [2.05, 4.69) is 0 Å². The Kier molecular flexibility index (Phi) is 4.30. The average Bonchev–Trinajstić information content (AvgIpc) is 2.48. The van der Waals surface area contributed by atoms with Gasteiger partial charge in [0.15, 0.2) is 0 Å². The van der Waals surface area contributed by atoms with Crippen LogP contribution in [0.2, 0.25) is 0 Å². The van der Waals surface area contributed by atoms with Crippen LogP contribution in [0.4, 0.5) is 5.69 Å². The largest absolute Gasteiger partial charge is 0.388 e. The summed E-state index contributed by atoms with van der Waals surface area (Å²) in [5.74, 6) is -0.756. The molecule has 0 spiro atoms. The van der Waals surface area contributed by atoms with Gasteiger partial charge in [0.1, 0.15) is 0 Å². The van der Waals surface area contributed by atoms with Crippen molar-refractivity contribution in [1.29, 1.82) is 0 Å². The number of nitrogens with zero attached hydrogens (tertiary/aromatic N) is 1. The Morgan fingerprint density at radius 3 is 2.48 bits per heavy atom. The van der Waals surface area contributed by atoms with Crippen LogP contribution in [0.1, 0.15) is 27.6 Å². The van der Waals surface area contributed by atoms with Crippen molar-refractivity contribution in [3.8, 4) is 0 Å². The highest BCUT2D eigenvalue weighted by Gasteiger charge is 2.17. The van der Waals surface area contributed by atoms with Gasteiger partial charge in [-0.05, 0) is 11.1 Å². The van der Waals surface area contributed by atoms with Crippen LogP contribution in [0.25, 0.3) is 0 Å². The molecule has 2 aromatic carbocycles. The van der Waals surface area contributed by atoms with Crippen LogP contribution >= 0.6 is 0 Å². The number of nitro groups is 1. The van der Waals surface area contributed by atoms with Crippen molar-refractivity contribution in [1.82, 2.24) is 0 Å². The van der Waals surface area contributed by atoms with E-state index >= 15 is 0 Å². The van der Waals surface area contributed by atoms with Crippen LogP contribution in [0, 0.1) is 10.1 Å². The second-order valence-corrected chi connectivity index (χ2v) is 4.59. The first kappa shape index (κ1) is 14.7. The van der Waals surface area contributed by atoms with Gasteiger partial charge in [0.05, 0.1) is 11.0 Å². The molecular weight excluding hydrogens is 272 g/mol. The van der Waals surface area contributed by atoms with Gasteiger partial charge in [-0.1, -0.05) is 36.4 Å². The highest BCUT2D eigenvalue weighted by atomic mass is 16.6. The molecule has 1 atom stereocenters. The van der Waals surface area contributed by atoms with Crippen LogP contribution in [-0.2, 0) is 6.42 Å². The first-order chi connectivity index (χ1) is 9.99. The predicted octanol–water partition coefficient (Wildman–Crippen LogP) is 1.97. The molecule has 3 N–H and O–H groups in total. The summed E-state index contributed by atoms with van der Waals surface area (Å²) < 4.78 is 0. The van der Waals surface area contributed by atoms with Crippen molar-refractivity contribution in [3.05, 3.63) is 75.3 Å². The number of benzene rings is 2. The molecule has 0 bridgehead atoms. The molecule has 21 heavy (non-hydrogen) atoms. The van der Waals surface area contributed by atoms with Crippen molar-refractivity contribution in [2.24, 2.45) is 5.73 Å². The smallest absolute Gasteiger partial charge is 0.270 e. The van der Waals surface area contributed by atoms with Crippen LogP contribution in [0.3, 0.4) is 0 Å². The normalized spacial score (nSPS) is 11.9. The molecule has 2 aromatic rings. The maximum absolute atomic E-state index is 11.4. The Balaban J connectivity index is 2.31. The number of nitro benzene ring substituents is 1. The van der Waals surface area contributed by atoms with Gasteiger partial charge in [0.2, 0.25) is 5.91 Å². The number of rotatable bonds is 5. The van der Waals surface area contributed by atoms with Gasteiger partial charge >= 0.3 is 0 Å². The number of carbonyl (C=O) groups excluding carboxylic acids is 1. The minimum absolute atomic E-state index is 0.0548. The molecule has 6 heteroatoms. The van der Waals surface area contributed by atoms with Gasteiger partial charge in [0, 0.05) is 24.1 Å². The number of primary amides is 1. The zero-order chi connectivity index (χ0) is 15.4. The van der Waals surface area contributed by atoms with Gasteiger partial charge in [-0.2, -0.15) is 0 Å². The summed E-state index contributed by atoms with van der Waals surface area (Å²) in [5, 5.41) is 20.9. The molecule has 0 radical (unpaired) electrons. The van der Waals surface area contributed by atoms with Crippen molar-refractivity contribution >= 4 is 11.6 Å². The topological polar surface area (TPSA) is 106 Å². The van der Waals surface area contributed by atoms with Crippen molar-refractivity contribution in [2.45, 2.75) is 12.5 Å². The fourth-order valence-electron chi connectivity index (χ4n) is 2.09. The first-order valence-electron chi connectivity index (χ1n) is 6.29. The van der Waals surface area contributed by atoms with Crippen molar-refractivity contribution in [3.63, 3.8) is 0 Å². The number of nitrogens with two attached hydrogens (primary N) is 1. The molecule has 0 saturated carbocycles. The lowest BCUT2D eigenvalue weighted by Crippen LogP contribution is -2.15. The number of aliphatic hydroxyl groups is 1. The van der Waals surface area contributed by atoms with Crippen LogP contribution in [0.5, 0.6) is 0 Å². The molecule has 0 saturated heterocycles. The molecule has 108 valence electrons. The van der Waals surface area contributed by atoms with E-state index in [0.717, 1.165) is 6.07 Å². The number of aliphatic hydroxyl groups excluding tert-OH is 1. The van der Waals surface area contributed by atoms with Crippen LogP contribution < -0.4 is 5.73 Å². The minimum Gasteiger partial charge on any atom is -0.388 e. The van der Waals surface area contributed by atoms with Gasteiger partial charge in [-0.25, -0.2) is 0 Å². The Bertz CT molecular complexity index is 671. The lowest BCUT2D eigenvalue weighted by Gasteiger charge is -2.13. The van der Waals surface area contributed by atoms with Crippen LogP contribution in [-0.4, -0.2) is 15.9 Å².